The van der Waals surface area contributed by atoms with Crippen molar-refractivity contribution in [3.05, 3.63) is 46.8 Å². The highest BCUT2D eigenvalue weighted by Crippen LogP contribution is 2.17. The van der Waals surface area contributed by atoms with E-state index in [0.717, 1.165) is 41.2 Å². The van der Waals surface area contributed by atoms with Crippen molar-refractivity contribution in [2.24, 2.45) is 5.92 Å². The van der Waals surface area contributed by atoms with Gasteiger partial charge in [0.2, 0.25) is 11.8 Å². The van der Waals surface area contributed by atoms with E-state index in [1.54, 1.807) is 4.90 Å². The van der Waals surface area contributed by atoms with Crippen molar-refractivity contribution >= 4 is 17.5 Å². The molecule has 2 rings (SSSR count). The molecule has 6 heteroatoms. The van der Waals surface area contributed by atoms with Crippen LogP contribution in [0.25, 0.3) is 0 Å². The molecular formula is C23H34N4O2. The molecule has 0 spiro atoms. The molecule has 1 aromatic carbocycles. The Kier molecular flexibility index (Phi) is 8.00. The SMILES string of the molecule is CCCN(CC(=O)Nc1ccccc1C)C(=O)Cc1c(C)nn(CC(C)C)c1C. The molecule has 2 aromatic rings. The first-order valence-electron chi connectivity index (χ1n) is 10.4. The summed E-state index contributed by atoms with van der Waals surface area (Å²) in [5.74, 6) is 0.269. The van der Waals surface area contributed by atoms with Crippen LogP contribution in [-0.2, 0) is 22.6 Å². The Hall–Kier alpha value is -2.63. The zero-order chi connectivity index (χ0) is 21.6. The van der Waals surface area contributed by atoms with Crippen LogP contribution in [0.2, 0.25) is 0 Å². The van der Waals surface area contributed by atoms with E-state index < -0.39 is 0 Å². The van der Waals surface area contributed by atoms with Crippen molar-refractivity contribution in [2.75, 3.05) is 18.4 Å². The predicted molar refractivity (Wildman–Crippen MR) is 117 cm³/mol. The van der Waals surface area contributed by atoms with Crippen LogP contribution in [0, 0.1) is 26.7 Å². The lowest BCUT2D eigenvalue weighted by Gasteiger charge is -2.22. The molecule has 0 aliphatic rings. The van der Waals surface area contributed by atoms with Gasteiger partial charge in [-0.2, -0.15) is 5.10 Å². The third kappa shape index (κ3) is 6.17. The number of anilines is 1. The highest BCUT2D eigenvalue weighted by atomic mass is 16.2. The summed E-state index contributed by atoms with van der Waals surface area (Å²) in [6.07, 6.45) is 1.07. The summed E-state index contributed by atoms with van der Waals surface area (Å²) in [4.78, 5) is 27.2. The third-order valence-electron chi connectivity index (χ3n) is 5.00. The van der Waals surface area contributed by atoms with Gasteiger partial charge in [0.15, 0.2) is 0 Å². The number of carbonyl (C=O) groups is 2. The molecule has 158 valence electrons. The molecule has 0 saturated carbocycles. The average molecular weight is 399 g/mol. The number of rotatable bonds is 9. The van der Waals surface area contributed by atoms with E-state index in [0.29, 0.717) is 12.5 Å². The highest BCUT2D eigenvalue weighted by molar-refractivity contribution is 5.95. The molecule has 29 heavy (non-hydrogen) atoms. The number of hydrogen-bond donors (Lipinski definition) is 1. The van der Waals surface area contributed by atoms with E-state index in [2.05, 4.69) is 24.3 Å². The standard InChI is InChI=1S/C23H34N4O2/c1-7-12-26(15-22(28)24-21-11-9-8-10-17(21)4)23(29)13-20-18(5)25-27(19(20)6)14-16(2)3/h8-11,16H,7,12-15H2,1-6H3,(H,24,28). The van der Waals surface area contributed by atoms with Crippen molar-refractivity contribution in [3.63, 3.8) is 0 Å². The van der Waals surface area contributed by atoms with E-state index in [-0.39, 0.29) is 24.8 Å². The lowest BCUT2D eigenvalue weighted by atomic mass is 10.1. The molecule has 0 saturated heterocycles. The van der Waals surface area contributed by atoms with E-state index in [1.165, 1.54) is 0 Å². The van der Waals surface area contributed by atoms with Gasteiger partial charge in [0, 0.05) is 30.0 Å². The minimum Gasteiger partial charge on any atom is -0.333 e. The molecule has 6 nitrogen and oxygen atoms in total. The summed E-state index contributed by atoms with van der Waals surface area (Å²) < 4.78 is 1.98. The first-order valence-corrected chi connectivity index (χ1v) is 10.4. The molecule has 1 heterocycles. The second-order valence-corrected chi connectivity index (χ2v) is 8.08. The molecule has 2 amide bonds. The molecular weight excluding hydrogens is 364 g/mol. The lowest BCUT2D eigenvalue weighted by molar-refractivity contribution is -0.134. The fourth-order valence-electron chi connectivity index (χ4n) is 3.41. The Labute approximate surface area is 174 Å². The maximum Gasteiger partial charge on any atom is 0.244 e. The normalized spacial score (nSPS) is 11.0. The van der Waals surface area contributed by atoms with Crippen LogP contribution < -0.4 is 5.32 Å². The number of nitrogens with zero attached hydrogens (tertiary/aromatic N) is 3. The van der Waals surface area contributed by atoms with Crippen LogP contribution in [0.15, 0.2) is 24.3 Å². The summed E-state index contributed by atoms with van der Waals surface area (Å²) in [5, 5.41) is 7.52. The summed E-state index contributed by atoms with van der Waals surface area (Å²) in [6.45, 7) is 13.7. The van der Waals surface area contributed by atoms with E-state index in [1.807, 2.05) is 56.6 Å². The minimum atomic E-state index is -0.176. The van der Waals surface area contributed by atoms with Gasteiger partial charge in [0.25, 0.3) is 0 Å². The van der Waals surface area contributed by atoms with Gasteiger partial charge in [-0.05, 0) is 44.7 Å². The molecule has 0 bridgehead atoms. The number of carbonyl (C=O) groups excluding carboxylic acids is 2. The first kappa shape index (κ1) is 22.7. The number of amides is 2. The predicted octanol–water partition coefficient (Wildman–Crippen LogP) is 3.88. The quantitative estimate of drug-likeness (QED) is 0.697. The number of para-hydroxylation sites is 1. The van der Waals surface area contributed by atoms with Crippen LogP contribution in [-0.4, -0.2) is 39.6 Å². The second kappa shape index (κ2) is 10.2. The van der Waals surface area contributed by atoms with Gasteiger partial charge in [-0.3, -0.25) is 14.3 Å². The lowest BCUT2D eigenvalue weighted by Crippen LogP contribution is -2.39. The third-order valence-corrected chi connectivity index (χ3v) is 5.00. The molecule has 0 atom stereocenters. The summed E-state index contributed by atoms with van der Waals surface area (Å²) >= 11 is 0. The smallest absolute Gasteiger partial charge is 0.244 e. The number of aryl methyl sites for hydroxylation is 2. The molecule has 0 fully saturated rings. The van der Waals surface area contributed by atoms with Crippen molar-refractivity contribution < 1.29 is 9.59 Å². The number of benzene rings is 1. The van der Waals surface area contributed by atoms with Crippen molar-refractivity contribution in [1.29, 1.82) is 0 Å². The molecule has 0 aliphatic heterocycles. The number of aromatic nitrogens is 2. The molecule has 0 radical (unpaired) electrons. The highest BCUT2D eigenvalue weighted by Gasteiger charge is 2.21. The molecule has 1 N–H and O–H groups in total. The zero-order valence-electron chi connectivity index (χ0n) is 18.6. The van der Waals surface area contributed by atoms with E-state index in [9.17, 15) is 9.59 Å². The van der Waals surface area contributed by atoms with Gasteiger partial charge in [-0.25, -0.2) is 0 Å². The molecule has 0 unspecified atom stereocenters. The van der Waals surface area contributed by atoms with E-state index >= 15 is 0 Å². The fourth-order valence-corrected chi connectivity index (χ4v) is 3.41. The summed E-state index contributed by atoms with van der Waals surface area (Å²) in [6, 6.07) is 7.64. The Morgan fingerprint density at radius 3 is 2.48 bits per heavy atom. The van der Waals surface area contributed by atoms with Crippen LogP contribution in [0.3, 0.4) is 0 Å². The number of nitrogens with one attached hydrogen (secondary N) is 1. The second-order valence-electron chi connectivity index (χ2n) is 8.08. The van der Waals surface area contributed by atoms with Gasteiger partial charge in [0.1, 0.15) is 0 Å². The zero-order valence-corrected chi connectivity index (χ0v) is 18.6. The average Bonchev–Trinajstić information content (AvgIpc) is 2.90. The minimum absolute atomic E-state index is 0.0397. The van der Waals surface area contributed by atoms with Crippen molar-refractivity contribution in [2.45, 2.75) is 60.9 Å². The monoisotopic (exact) mass is 398 g/mol. The fraction of sp³-hybridized carbons (Fsp3) is 0.522. The maximum atomic E-state index is 13.0. The Morgan fingerprint density at radius 1 is 1.17 bits per heavy atom. The Morgan fingerprint density at radius 2 is 1.86 bits per heavy atom. The molecule has 0 aliphatic carbocycles. The first-order chi connectivity index (χ1) is 13.7. The largest absolute Gasteiger partial charge is 0.333 e. The summed E-state index contributed by atoms with van der Waals surface area (Å²) in [5.41, 5.74) is 4.67. The maximum absolute atomic E-state index is 13.0. The van der Waals surface area contributed by atoms with Gasteiger partial charge >= 0.3 is 0 Å². The van der Waals surface area contributed by atoms with E-state index in [4.69, 9.17) is 0 Å². The van der Waals surface area contributed by atoms with Crippen LogP contribution in [0.5, 0.6) is 0 Å². The van der Waals surface area contributed by atoms with Gasteiger partial charge in [-0.1, -0.05) is 39.0 Å². The van der Waals surface area contributed by atoms with Crippen LogP contribution in [0.1, 0.15) is 49.7 Å². The van der Waals surface area contributed by atoms with Crippen LogP contribution in [0.4, 0.5) is 5.69 Å². The van der Waals surface area contributed by atoms with Gasteiger partial charge in [0.05, 0.1) is 18.7 Å². The van der Waals surface area contributed by atoms with Gasteiger partial charge < -0.3 is 10.2 Å². The van der Waals surface area contributed by atoms with Gasteiger partial charge in [-0.15, -0.1) is 0 Å². The van der Waals surface area contributed by atoms with Crippen LogP contribution >= 0.6 is 0 Å². The Bertz CT molecular complexity index is 855. The molecule has 1 aromatic heterocycles. The van der Waals surface area contributed by atoms with Crippen molar-refractivity contribution in [3.8, 4) is 0 Å². The Balaban J connectivity index is 2.08. The summed E-state index contributed by atoms with van der Waals surface area (Å²) in [7, 11) is 0. The topological polar surface area (TPSA) is 67.2 Å². The number of hydrogen-bond acceptors (Lipinski definition) is 3. The van der Waals surface area contributed by atoms with Crippen molar-refractivity contribution in [1.82, 2.24) is 14.7 Å².